The molecule has 1 aromatic rings. The van der Waals surface area contributed by atoms with Crippen molar-refractivity contribution in [2.45, 2.75) is 19.4 Å². The summed E-state index contributed by atoms with van der Waals surface area (Å²) in [4.78, 5) is 23.0. The van der Waals surface area contributed by atoms with Crippen molar-refractivity contribution in [2.24, 2.45) is 0 Å². The number of nitrogens with one attached hydrogen (secondary N) is 1. The molecule has 0 amide bonds. The van der Waals surface area contributed by atoms with Gasteiger partial charge in [0.05, 0.1) is 7.11 Å². The SMILES string of the molecule is CONC(C)Cc1ccccc1.O=C(O)C(=O)O. The van der Waals surface area contributed by atoms with Gasteiger partial charge in [0, 0.05) is 6.04 Å². The van der Waals surface area contributed by atoms with Gasteiger partial charge in [-0.05, 0) is 18.9 Å². The molecule has 1 aromatic carbocycles. The summed E-state index contributed by atoms with van der Waals surface area (Å²) < 4.78 is 0. The van der Waals surface area contributed by atoms with E-state index in [0.717, 1.165) is 6.42 Å². The Morgan fingerprint density at radius 2 is 1.72 bits per heavy atom. The highest BCUT2D eigenvalue weighted by atomic mass is 16.6. The number of hydroxylamine groups is 1. The lowest BCUT2D eigenvalue weighted by molar-refractivity contribution is -0.159. The van der Waals surface area contributed by atoms with Gasteiger partial charge in [-0.1, -0.05) is 30.3 Å². The Bertz CT molecular complexity index is 354. The van der Waals surface area contributed by atoms with E-state index in [4.69, 9.17) is 24.6 Å². The first-order valence-electron chi connectivity index (χ1n) is 5.26. The second-order valence-electron chi connectivity index (χ2n) is 3.52. The Kier molecular flexibility index (Phi) is 8.17. The van der Waals surface area contributed by atoms with E-state index in [9.17, 15) is 0 Å². The van der Waals surface area contributed by atoms with Crippen LogP contribution in [0.4, 0.5) is 0 Å². The van der Waals surface area contributed by atoms with Crippen LogP contribution in [-0.2, 0) is 20.8 Å². The summed E-state index contributed by atoms with van der Waals surface area (Å²) in [7, 11) is 1.64. The topological polar surface area (TPSA) is 95.9 Å². The number of hydrogen-bond donors (Lipinski definition) is 3. The fourth-order valence-corrected chi connectivity index (χ4v) is 1.21. The lowest BCUT2D eigenvalue weighted by atomic mass is 10.1. The van der Waals surface area contributed by atoms with Crippen LogP contribution in [0.15, 0.2) is 30.3 Å². The van der Waals surface area contributed by atoms with E-state index in [1.54, 1.807) is 7.11 Å². The highest BCUT2D eigenvalue weighted by molar-refractivity contribution is 6.27. The highest BCUT2D eigenvalue weighted by Gasteiger charge is 2.04. The molecule has 18 heavy (non-hydrogen) atoms. The van der Waals surface area contributed by atoms with Crippen molar-refractivity contribution < 1.29 is 24.6 Å². The molecule has 0 aliphatic rings. The fraction of sp³-hybridized carbons (Fsp3) is 0.333. The first kappa shape index (κ1) is 16.1. The zero-order valence-electron chi connectivity index (χ0n) is 10.3. The van der Waals surface area contributed by atoms with E-state index >= 15 is 0 Å². The summed E-state index contributed by atoms with van der Waals surface area (Å²) in [5, 5.41) is 14.8. The predicted octanol–water partition coefficient (Wildman–Crippen LogP) is 0.924. The summed E-state index contributed by atoms with van der Waals surface area (Å²) in [5.41, 5.74) is 4.22. The first-order valence-corrected chi connectivity index (χ1v) is 5.26. The van der Waals surface area contributed by atoms with Gasteiger partial charge in [-0.2, -0.15) is 5.48 Å². The van der Waals surface area contributed by atoms with Crippen LogP contribution in [0.3, 0.4) is 0 Å². The summed E-state index contributed by atoms with van der Waals surface area (Å²) in [5.74, 6) is -3.65. The van der Waals surface area contributed by atoms with E-state index in [1.165, 1.54) is 5.56 Å². The van der Waals surface area contributed by atoms with Crippen molar-refractivity contribution in [3.8, 4) is 0 Å². The van der Waals surface area contributed by atoms with Crippen LogP contribution in [0.25, 0.3) is 0 Å². The third kappa shape index (κ3) is 8.26. The van der Waals surface area contributed by atoms with Gasteiger partial charge >= 0.3 is 11.9 Å². The van der Waals surface area contributed by atoms with Crippen LogP contribution in [0.1, 0.15) is 12.5 Å². The van der Waals surface area contributed by atoms with Gasteiger partial charge in [0.1, 0.15) is 0 Å². The molecule has 0 spiro atoms. The van der Waals surface area contributed by atoms with Crippen LogP contribution in [0.2, 0.25) is 0 Å². The highest BCUT2D eigenvalue weighted by Crippen LogP contribution is 2.02. The molecule has 1 unspecified atom stereocenters. The molecule has 3 N–H and O–H groups in total. The van der Waals surface area contributed by atoms with Gasteiger partial charge in [0.25, 0.3) is 0 Å². The van der Waals surface area contributed by atoms with Crippen LogP contribution in [0.5, 0.6) is 0 Å². The number of carboxylic acid groups (broad SMARTS) is 2. The summed E-state index contributed by atoms with van der Waals surface area (Å²) in [6.45, 7) is 2.09. The number of rotatable bonds is 4. The van der Waals surface area contributed by atoms with Crippen molar-refractivity contribution >= 4 is 11.9 Å². The van der Waals surface area contributed by atoms with Gasteiger partial charge < -0.3 is 15.1 Å². The molecule has 100 valence electrons. The molecule has 1 atom stereocenters. The standard InChI is InChI=1S/C10H15NO.C2H2O4/c1-9(11-12-2)8-10-6-4-3-5-7-10;3-1(4)2(5)6/h3-7,9,11H,8H2,1-2H3;(H,3,4)(H,5,6). The van der Waals surface area contributed by atoms with Gasteiger partial charge in [-0.15, -0.1) is 0 Å². The first-order chi connectivity index (χ1) is 8.47. The molecule has 0 aliphatic heterocycles. The molecule has 0 fully saturated rings. The van der Waals surface area contributed by atoms with Crippen LogP contribution in [0, 0.1) is 0 Å². The van der Waals surface area contributed by atoms with Crippen molar-refractivity contribution in [3.63, 3.8) is 0 Å². The Labute approximate surface area is 105 Å². The second kappa shape index (κ2) is 9.15. The summed E-state index contributed by atoms with van der Waals surface area (Å²) in [6, 6.07) is 10.7. The van der Waals surface area contributed by atoms with Crippen LogP contribution >= 0.6 is 0 Å². The van der Waals surface area contributed by atoms with Crippen LogP contribution in [-0.4, -0.2) is 35.3 Å². The third-order valence-electron chi connectivity index (χ3n) is 1.89. The number of benzene rings is 1. The van der Waals surface area contributed by atoms with E-state index in [1.807, 2.05) is 6.07 Å². The Balaban J connectivity index is 0.000000411. The monoisotopic (exact) mass is 255 g/mol. The van der Waals surface area contributed by atoms with Crippen molar-refractivity contribution in [2.75, 3.05) is 7.11 Å². The average Bonchev–Trinajstić information content (AvgIpc) is 2.31. The minimum absolute atomic E-state index is 0.359. The summed E-state index contributed by atoms with van der Waals surface area (Å²) >= 11 is 0. The maximum Gasteiger partial charge on any atom is 0.414 e. The van der Waals surface area contributed by atoms with E-state index in [2.05, 4.69) is 36.7 Å². The smallest absolute Gasteiger partial charge is 0.414 e. The minimum Gasteiger partial charge on any atom is -0.473 e. The minimum atomic E-state index is -1.82. The van der Waals surface area contributed by atoms with Crippen LogP contribution < -0.4 is 5.48 Å². The predicted molar refractivity (Wildman–Crippen MR) is 65.0 cm³/mol. The maximum atomic E-state index is 9.10. The Hall–Kier alpha value is -1.92. The number of carboxylic acids is 2. The fourth-order valence-electron chi connectivity index (χ4n) is 1.21. The molecule has 6 nitrogen and oxygen atoms in total. The molecule has 0 saturated heterocycles. The third-order valence-corrected chi connectivity index (χ3v) is 1.89. The van der Waals surface area contributed by atoms with Crippen molar-refractivity contribution in [3.05, 3.63) is 35.9 Å². The molecule has 0 heterocycles. The molecular formula is C12H17NO5. The number of hydrogen-bond acceptors (Lipinski definition) is 4. The lowest BCUT2D eigenvalue weighted by Gasteiger charge is -2.10. The largest absolute Gasteiger partial charge is 0.473 e. The van der Waals surface area contributed by atoms with Gasteiger partial charge in [0.15, 0.2) is 0 Å². The zero-order valence-corrected chi connectivity index (χ0v) is 10.3. The zero-order chi connectivity index (χ0) is 14.0. The normalized spacial score (nSPS) is 11.0. The maximum absolute atomic E-state index is 9.10. The van der Waals surface area contributed by atoms with E-state index in [0.29, 0.717) is 6.04 Å². The molecule has 0 saturated carbocycles. The molecule has 0 radical (unpaired) electrons. The van der Waals surface area contributed by atoms with E-state index < -0.39 is 11.9 Å². The Morgan fingerprint density at radius 1 is 1.22 bits per heavy atom. The van der Waals surface area contributed by atoms with Crippen molar-refractivity contribution in [1.82, 2.24) is 5.48 Å². The molecular weight excluding hydrogens is 238 g/mol. The molecule has 1 rings (SSSR count). The van der Waals surface area contributed by atoms with Gasteiger partial charge in [0.2, 0.25) is 0 Å². The molecule has 0 bridgehead atoms. The van der Waals surface area contributed by atoms with Gasteiger partial charge in [-0.25, -0.2) is 9.59 Å². The molecule has 0 aromatic heterocycles. The quantitative estimate of drug-likeness (QED) is 0.547. The van der Waals surface area contributed by atoms with Gasteiger partial charge in [-0.3, -0.25) is 0 Å². The van der Waals surface area contributed by atoms with Crippen molar-refractivity contribution in [1.29, 1.82) is 0 Å². The lowest BCUT2D eigenvalue weighted by Crippen LogP contribution is -2.26. The summed E-state index contributed by atoms with van der Waals surface area (Å²) in [6.07, 6.45) is 0.995. The Morgan fingerprint density at radius 3 is 2.11 bits per heavy atom. The molecule has 0 aliphatic carbocycles. The second-order valence-corrected chi connectivity index (χ2v) is 3.52. The van der Waals surface area contributed by atoms with E-state index in [-0.39, 0.29) is 0 Å². The molecule has 6 heteroatoms. The number of carbonyl (C=O) groups is 2. The average molecular weight is 255 g/mol. The number of aliphatic carboxylic acids is 2.